The number of hydrogen-bond acceptors (Lipinski definition) is 3. The molecule has 0 saturated heterocycles. The van der Waals surface area contributed by atoms with Crippen molar-refractivity contribution in [2.45, 2.75) is 12.5 Å². The lowest BCUT2D eigenvalue weighted by molar-refractivity contribution is 0.554. The highest BCUT2D eigenvalue weighted by molar-refractivity contribution is 7.17. The molecule has 0 aliphatic heterocycles. The first-order valence-electron chi connectivity index (χ1n) is 6.55. The van der Waals surface area contributed by atoms with E-state index in [9.17, 15) is 0 Å². The SMILES string of the molecule is NNC(Cc1csc2ccccc12)c1ccc(Cl)c(Cl)c1. The van der Waals surface area contributed by atoms with Crippen molar-refractivity contribution in [3.8, 4) is 0 Å². The Morgan fingerprint density at radius 1 is 1.10 bits per heavy atom. The summed E-state index contributed by atoms with van der Waals surface area (Å²) in [6.45, 7) is 0. The van der Waals surface area contributed by atoms with Crippen LogP contribution in [0.1, 0.15) is 17.2 Å². The molecule has 0 aliphatic rings. The molecule has 2 nitrogen and oxygen atoms in total. The van der Waals surface area contributed by atoms with Gasteiger partial charge in [0.25, 0.3) is 0 Å². The zero-order chi connectivity index (χ0) is 14.8. The van der Waals surface area contributed by atoms with Gasteiger partial charge in [0, 0.05) is 4.70 Å². The Kier molecular flexibility index (Phi) is 4.48. The van der Waals surface area contributed by atoms with E-state index in [1.807, 2.05) is 12.1 Å². The molecule has 1 unspecified atom stereocenters. The fraction of sp³-hybridized carbons (Fsp3) is 0.125. The van der Waals surface area contributed by atoms with Crippen molar-refractivity contribution >= 4 is 44.6 Å². The molecule has 108 valence electrons. The van der Waals surface area contributed by atoms with Crippen molar-refractivity contribution < 1.29 is 0 Å². The van der Waals surface area contributed by atoms with Crippen LogP contribution in [-0.2, 0) is 6.42 Å². The third-order valence-electron chi connectivity index (χ3n) is 3.53. The minimum atomic E-state index is -0.00206. The first kappa shape index (κ1) is 14.8. The molecule has 1 aromatic heterocycles. The van der Waals surface area contributed by atoms with Crippen LogP contribution >= 0.6 is 34.5 Å². The van der Waals surface area contributed by atoms with Crippen molar-refractivity contribution in [3.63, 3.8) is 0 Å². The van der Waals surface area contributed by atoms with E-state index in [-0.39, 0.29) is 6.04 Å². The number of benzene rings is 2. The number of hydrazine groups is 1. The lowest BCUT2D eigenvalue weighted by Crippen LogP contribution is -2.29. The first-order chi connectivity index (χ1) is 10.2. The molecule has 3 N–H and O–H groups in total. The number of thiophene rings is 1. The second kappa shape index (κ2) is 6.34. The molecule has 2 aromatic carbocycles. The molecule has 3 aromatic rings. The van der Waals surface area contributed by atoms with Crippen molar-refractivity contribution in [2.24, 2.45) is 5.84 Å². The van der Waals surface area contributed by atoms with Gasteiger partial charge in [-0.3, -0.25) is 11.3 Å². The molecule has 0 spiro atoms. The highest BCUT2D eigenvalue weighted by Crippen LogP contribution is 2.31. The molecule has 3 rings (SSSR count). The van der Waals surface area contributed by atoms with Crippen LogP contribution in [0.15, 0.2) is 47.8 Å². The second-order valence-corrected chi connectivity index (χ2v) is 6.58. The van der Waals surface area contributed by atoms with Gasteiger partial charge in [-0.15, -0.1) is 11.3 Å². The number of hydrogen-bond donors (Lipinski definition) is 2. The monoisotopic (exact) mass is 336 g/mol. The van der Waals surface area contributed by atoms with E-state index < -0.39 is 0 Å². The minimum Gasteiger partial charge on any atom is -0.271 e. The van der Waals surface area contributed by atoms with Crippen LogP contribution < -0.4 is 11.3 Å². The molecule has 0 bridgehead atoms. The van der Waals surface area contributed by atoms with Crippen molar-refractivity contribution in [3.05, 3.63) is 69.0 Å². The van der Waals surface area contributed by atoms with Crippen LogP contribution in [0.5, 0.6) is 0 Å². The zero-order valence-electron chi connectivity index (χ0n) is 11.1. The molecular formula is C16H14Cl2N2S. The quantitative estimate of drug-likeness (QED) is 0.522. The predicted molar refractivity (Wildman–Crippen MR) is 92.1 cm³/mol. The first-order valence-corrected chi connectivity index (χ1v) is 8.19. The summed E-state index contributed by atoms with van der Waals surface area (Å²) in [6.07, 6.45) is 0.804. The molecule has 0 amide bonds. The fourth-order valence-electron chi connectivity index (χ4n) is 2.41. The Morgan fingerprint density at radius 2 is 1.90 bits per heavy atom. The van der Waals surface area contributed by atoms with E-state index in [1.54, 1.807) is 17.4 Å². The Labute approximate surface area is 137 Å². The maximum atomic E-state index is 6.09. The molecule has 0 fully saturated rings. The lowest BCUT2D eigenvalue weighted by Gasteiger charge is -2.16. The Bertz CT molecular complexity index is 770. The number of rotatable bonds is 4. The van der Waals surface area contributed by atoms with Crippen LogP contribution in [0.3, 0.4) is 0 Å². The summed E-state index contributed by atoms with van der Waals surface area (Å²) in [6, 6.07) is 14.0. The van der Waals surface area contributed by atoms with Crippen molar-refractivity contribution in [2.75, 3.05) is 0 Å². The van der Waals surface area contributed by atoms with E-state index in [0.717, 1.165) is 12.0 Å². The van der Waals surface area contributed by atoms with Gasteiger partial charge < -0.3 is 0 Å². The topological polar surface area (TPSA) is 38.0 Å². The highest BCUT2D eigenvalue weighted by Gasteiger charge is 2.14. The smallest absolute Gasteiger partial charge is 0.0595 e. The largest absolute Gasteiger partial charge is 0.271 e. The third kappa shape index (κ3) is 3.07. The summed E-state index contributed by atoms with van der Waals surface area (Å²) in [7, 11) is 0. The van der Waals surface area contributed by atoms with Gasteiger partial charge in [0.2, 0.25) is 0 Å². The fourth-order valence-corrected chi connectivity index (χ4v) is 3.70. The van der Waals surface area contributed by atoms with Crippen molar-refractivity contribution in [1.82, 2.24) is 5.43 Å². The van der Waals surface area contributed by atoms with Crippen molar-refractivity contribution in [1.29, 1.82) is 0 Å². The van der Waals surface area contributed by atoms with Gasteiger partial charge in [-0.05, 0) is 46.5 Å². The lowest BCUT2D eigenvalue weighted by atomic mass is 9.99. The molecule has 0 aliphatic carbocycles. The Hall–Kier alpha value is -1.10. The summed E-state index contributed by atoms with van der Waals surface area (Å²) >= 11 is 13.8. The molecule has 1 heterocycles. The van der Waals surface area contributed by atoms with Crippen LogP contribution in [-0.4, -0.2) is 0 Å². The molecule has 5 heteroatoms. The summed E-state index contributed by atoms with van der Waals surface area (Å²) in [5.41, 5.74) is 5.18. The normalized spacial score (nSPS) is 12.7. The van der Waals surface area contributed by atoms with Crippen LogP contribution in [0.25, 0.3) is 10.1 Å². The van der Waals surface area contributed by atoms with Gasteiger partial charge >= 0.3 is 0 Å². The summed E-state index contributed by atoms with van der Waals surface area (Å²) in [4.78, 5) is 0. The maximum Gasteiger partial charge on any atom is 0.0595 e. The van der Waals surface area contributed by atoms with Crippen LogP contribution in [0.4, 0.5) is 0 Å². The number of nitrogens with one attached hydrogen (secondary N) is 1. The second-order valence-electron chi connectivity index (χ2n) is 4.85. The Balaban J connectivity index is 1.92. The Morgan fingerprint density at radius 3 is 2.67 bits per heavy atom. The van der Waals surface area contributed by atoms with E-state index in [0.29, 0.717) is 10.0 Å². The predicted octanol–water partition coefficient (Wildman–Crippen LogP) is 4.96. The van der Waals surface area contributed by atoms with Gasteiger partial charge in [0.15, 0.2) is 0 Å². The van der Waals surface area contributed by atoms with Crippen LogP contribution in [0.2, 0.25) is 10.0 Å². The third-order valence-corrected chi connectivity index (χ3v) is 5.28. The van der Waals surface area contributed by atoms with E-state index >= 15 is 0 Å². The van der Waals surface area contributed by atoms with Gasteiger partial charge in [-0.1, -0.05) is 47.5 Å². The van der Waals surface area contributed by atoms with E-state index in [2.05, 4.69) is 35.1 Å². The summed E-state index contributed by atoms with van der Waals surface area (Å²) in [5, 5.41) is 4.57. The van der Waals surface area contributed by atoms with Gasteiger partial charge in [-0.2, -0.15) is 0 Å². The maximum absolute atomic E-state index is 6.09. The zero-order valence-corrected chi connectivity index (χ0v) is 13.5. The summed E-state index contributed by atoms with van der Waals surface area (Å²) in [5.74, 6) is 5.73. The molecular weight excluding hydrogens is 323 g/mol. The molecule has 0 saturated carbocycles. The number of fused-ring (bicyclic) bond motifs is 1. The van der Waals surface area contributed by atoms with Gasteiger partial charge in [0.1, 0.15) is 0 Å². The van der Waals surface area contributed by atoms with Gasteiger partial charge in [0.05, 0.1) is 16.1 Å². The van der Waals surface area contributed by atoms with Crippen LogP contribution in [0, 0.1) is 0 Å². The number of halogens is 2. The van der Waals surface area contributed by atoms with E-state index in [1.165, 1.54) is 15.6 Å². The molecule has 0 radical (unpaired) electrons. The summed E-state index contributed by atoms with van der Waals surface area (Å²) < 4.78 is 1.29. The number of nitrogens with two attached hydrogens (primary N) is 1. The minimum absolute atomic E-state index is 0.00206. The average Bonchev–Trinajstić information content (AvgIpc) is 2.91. The highest BCUT2D eigenvalue weighted by atomic mass is 35.5. The standard InChI is InChI=1S/C16H14Cl2N2S/c17-13-6-5-10(7-14(13)18)15(20-19)8-11-9-21-16-4-2-1-3-12(11)16/h1-7,9,15,20H,8,19H2. The van der Waals surface area contributed by atoms with E-state index in [4.69, 9.17) is 29.0 Å². The molecule has 1 atom stereocenters. The molecule has 21 heavy (non-hydrogen) atoms. The average molecular weight is 337 g/mol. The van der Waals surface area contributed by atoms with Gasteiger partial charge in [-0.25, -0.2) is 0 Å².